The van der Waals surface area contributed by atoms with E-state index in [2.05, 4.69) is 5.32 Å². The Bertz CT molecular complexity index is 591. The zero-order valence-corrected chi connectivity index (χ0v) is 13.1. The lowest BCUT2D eigenvalue weighted by molar-refractivity contribution is -0.137. The van der Waals surface area contributed by atoms with E-state index in [0.29, 0.717) is 19.0 Å². The quantitative estimate of drug-likeness (QED) is 0.807. The van der Waals surface area contributed by atoms with Gasteiger partial charge in [-0.15, -0.1) is 0 Å². The van der Waals surface area contributed by atoms with E-state index in [9.17, 15) is 21.6 Å². The molecule has 120 valence electrons. The van der Waals surface area contributed by atoms with Crippen molar-refractivity contribution < 1.29 is 21.6 Å². The van der Waals surface area contributed by atoms with Gasteiger partial charge in [0.25, 0.3) is 0 Å². The van der Waals surface area contributed by atoms with Crippen molar-refractivity contribution >= 4 is 21.6 Å². The van der Waals surface area contributed by atoms with Crippen LogP contribution in [0, 0.1) is 0 Å². The van der Waals surface area contributed by atoms with Crippen molar-refractivity contribution in [1.82, 2.24) is 9.62 Å². The fraction of sp³-hybridized carbons (Fsp3) is 0.500. The van der Waals surface area contributed by atoms with E-state index in [1.165, 1.54) is 7.05 Å². The molecule has 0 saturated carbocycles. The number of rotatable bonds is 6. The number of halogens is 4. The summed E-state index contributed by atoms with van der Waals surface area (Å²) in [7, 11) is -0.920. The van der Waals surface area contributed by atoms with Crippen LogP contribution in [0.2, 0.25) is 5.02 Å². The van der Waals surface area contributed by atoms with Crippen molar-refractivity contribution in [1.29, 1.82) is 0 Å². The van der Waals surface area contributed by atoms with E-state index in [1.54, 1.807) is 7.05 Å². The number of nitrogens with one attached hydrogen (secondary N) is 1. The Morgan fingerprint density at radius 3 is 2.48 bits per heavy atom. The molecule has 0 bridgehead atoms. The van der Waals surface area contributed by atoms with Crippen molar-refractivity contribution in [3.63, 3.8) is 0 Å². The standard InChI is InChI=1S/C12H16ClF3N2O2S/c1-17-6-3-7-18(2)21(19,20)9-4-5-11(13)10(8-9)12(14,15)16/h4-5,8,17H,3,6-7H2,1-2H3. The average molecular weight is 345 g/mol. The van der Waals surface area contributed by atoms with Crippen LogP contribution in [0.5, 0.6) is 0 Å². The van der Waals surface area contributed by atoms with Gasteiger partial charge >= 0.3 is 6.18 Å². The SMILES string of the molecule is CNCCCN(C)S(=O)(=O)c1ccc(Cl)c(C(F)(F)F)c1. The fourth-order valence-electron chi connectivity index (χ4n) is 1.66. The third-order valence-corrected chi connectivity index (χ3v) is 5.03. The Morgan fingerprint density at radius 1 is 1.33 bits per heavy atom. The molecule has 0 heterocycles. The lowest BCUT2D eigenvalue weighted by Crippen LogP contribution is -2.29. The summed E-state index contributed by atoms with van der Waals surface area (Å²) in [5.41, 5.74) is -1.16. The third-order valence-electron chi connectivity index (χ3n) is 2.85. The van der Waals surface area contributed by atoms with Gasteiger partial charge in [0.1, 0.15) is 0 Å². The van der Waals surface area contributed by atoms with Crippen LogP contribution < -0.4 is 5.32 Å². The van der Waals surface area contributed by atoms with Gasteiger partial charge in [0.2, 0.25) is 10.0 Å². The number of nitrogens with zero attached hydrogens (tertiary/aromatic N) is 1. The van der Waals surface area contributed by atoms with E-state index < -0.39 is 31.7 Å². The first-order valence-electron chi connectivity index (χ1n) is 6.08. The van der Waals surface area contributed by atoms with E-state index in [-0.39, 0.29) is 6.54 Å². The summed E-state index contributed by atoms with van der Waals surface area (Å²) in [6.45, 7) is 0.807. The van der Waals surface area contributed by atoms with Crippen molar-refractivity contribution in [2.24, 2.45) is 0 Å². The number of sulfonamides is 1. The molecule has 0 spiro atoms. The summed E-state index contributed by atoms with van der Waals surface area (Å²) >= 11 is 5.48. The van der Waals surface area contributed by atoms with Crippen LogP contribution in [0.4, 0.5) is 13.2 Å². The zero-order chi connectivity index (χ0) is 16.3. The molecule has 0 aliphatic rings. The van der Waals surface area contributed by atoms with Gasteiger partial charge in [0.05, 0.1) is 15.5 Å². The third kappa shape index (κ3) is 4.57. The maximum Gasteiger partial charge on any atom is 0.417 e. The van der Waals surface area contributed by atoms with Gasteiger partial charge in [-0.05, 0) is 38.2 Å². The van der Waals surface area contributed by atoms with E-state index in [1.807, 2.05) is 0 Å². The van der Waals surface area contributed by atoms with Gasteiger partial charge in [-0.3, -0.25) is 0 Å². The van der Waals surface area contributed by atoms with E-state index in [0.717, 1.165) is 16.4 Å². The molecule has 0 fully saturated rings. The lowest BCUT2D eigenvalue weighted by Gasteiger charge is -2.18. The van der Waals surface area contributed by atoms with Crippen molar-refractivity contribution in [3.05, 3.63) is 28.8 Å². The molecule has 4 nitrogen and oxygen atoms in total. The van der Waals surface area contributed by atoms with Gasteiger partial charge in [-0.2, -0.15) is 13.2 Å². The lowest BCUT2D eigenvalue weighted by atomic mass is 10.2. The molecule has 1 rings (SSSR count). The molecule has 0 saturated heterocycles. The van der Waals surface area contributed by atoms with Crippen molar-refractivity contribution in [2.45, 2.75) is 17.5 Å². The topological polar surface area (TPSA) is 49.4 Å². The highest BCUT2D eigenvalue weighted by atomic mass is 35.5. The Morgan fingerprint density at radius 2 is 1.95 bits per heavy atom. The maximum absolute atomic E-state index is 12.8. The van der Waals surface area contributed by atoms with Gasteiger partial charge in [-0.25, -0.2) is 12.7 Å². The van der Waals surface area contributed by atoms with Gasteiger partial charge in [0, 0.05) is 13.6 Å². The van der Waals surface area contributed by atoms with Crippen LogP contribution in [-0.2, 0) is 16.2 Å². The molecule has 0 aromatic heterocycles. The van der Waals surface area contributed by atoms with Gasteiger partial charge in [0.15, 0.2) is 0 Å². The largest absolute Gasteiger partial charge is 0.417 e. The highest BCUT2D eigenvalue weighted by molar-refractivity contribution is 7.89. The summed E-state index contributed by atoms with van der Waals surface area (Å²) in [5, 5.41) is 2.33. The van der Waals surface area contributed by atoms with Crippen LogP contribution in [-0.4, -0.2) is 39.9 Å². The molecule has 0 amide bonds. The molecular formula is C12H16ClF3N2O2S. The molecule has 0 unspecified atom stereocenters. The predicted molar refractivity (Wildman–Crippen MR) is 74.8 cm³/mol. The summed E-state index contributed by atoms with van der Waals surface area (Å²) in [5.74, 6) is 0. The first-order valence-corrected chi connectivity index (χ1v) is 7.90. The monoisotopic (exact) mass is 344 g/mol. The second-order valence-corrected chi connectivity index (χ2v) is 6.88. The summed E-state index contributed by atoms with van der Waals surface area (Å²) < 4.78 is 63.7. The number of alkyl halides is 3. The first-order chi connectivity index (χ1) is 9.60. The second kappa shape index (κ2) is 6.95. The van der Waals surface area contributed by atoms with Crippen LogP contribution in [0.15, 0.2) is 23.1 Å². The van der Waals surface area contributed by atoms with Crippen LogP contribution >= 0.6 is 11.6 Å². The van der Waals surface area contributed by atoms with Crippen LogP contribution in [0.25, 0.3) is 0 Å². The van der Waals surface area contributed by atoms with Crippen molar-refractivity contribution in [2.75, 3.05) is 27.2 Å². The minimum atomic E-state index is -4.70. The Kier molecular flexibility index (Phi) is 6.03. The molecule has 0 aliphatic carbocycles. The molecule has 1 aromatic rings. The Hall–Kier alpha value is -0.830. The Labute approximate surface area is 126 Å². The molecule has 1 aromatic carbocycles. The summed E-state index contributed by atoms with van der Waals surface area (Å²) in [4.78, 5) is -0.425. The smallest absolute Gasteiger partial charge is 0.320 e. The molecule has 1 N–H and O–H groups in total. The van der Waals surface area contributed by atoms with Gasteiger partial charge in [-0.1, -0.05) is 11.6 Å². The highest BCUT2D eigenvalue weighted by Gasteiger charge is 2.35. The second-order valence-electron chi connectivity index (χ2n) is 4.42. The molecular weight excluding hydrogens is 329 g/mol. The molecule has 0 aliphatic heterocycles. The predicted octanol–water partition coefficient (Wildman–Crippen LogP) is 2.59. The minimum Gasteiger partial charge on any atom is -0.320 e. The van der Waals surface area contributed by atoms with Crippen molar-refractivity contribution in [3.8, 4) is 0 Å². The summed E-state index contributed by atoms with van der Waals surface area (Å²) in [6.07, 6.45) is -4.15. The summed E-state index contributed by atoms with van der Waals surface area (Å²) in [6, 6.07) is 2.58. The van der Waals surface area contributed by atoms with E-state index in [4.69, 9.17) is 11.6 Å². The molecule has 9 heteroatoms. The Balaban J connectivity index is 3.09. The zero-order valence-electron chi connectivity index (χ0n) is 11.5. The molecule has 21 heavy (non-hydrogen) atoms. The first kappa shape index (κ1) is 18.2. The van der Waals surface area contributed by atoms with E-state index >= 15 is 0 Å². The molecule has 0 atom stereocenters. The number of benzene rings is 1. The highest BCUT2D eigenvalue weighted by Crippen LogP contribution is 2.36. The molecule has 0 radical (unpaired) electrons. The number of hydrogen-bond donors (Lipinski definition) is 1. The van der Waals surface area contributed by atoms with Crippen LogP contribution in [0.3, 0.4) is 0 Å². The normalized spacial score (nSPS) is 12.9. The van der Waals surface area contributed by atoms with Crippen LogP contribution in [0.1, 0.15) is 12.0 Å². The van der Waals surface area contributed by atoms with Gasteiger partial charge < -0.3 is 5.32 Å². The minimum absolute atomic E-state index is 0.202. The fourth-order valence-corrected chi connectivity index (χ4v) is 3.12. The average Bonchev–Trinajstić information content (AvgIpc) is 2.37. The number of hydrogen-bond acceptors (Lipinski definition) is 3. The maximum atomic E-state index is 12.8.